The van der Waals surface area contributed by atoms with Crippen LogP contribution in [-0.2, 0) is 4.79 Å². The number of urea groups is 1. The summed E-state index contributed by atoms with van der Waals surface area (Å²) in [5, 5.41) is 11.8. The summed E-state index contributed by atoms with van der Waals surface area (Å²) >= 11 is 1.44. The quantitative estimate of drug-likeness (QED) is 0.888. The van der Waals surface area contributed by atoms with Crippen LogP contribution in [0.2, 0.25) is 0 Å². The number of rotatable bonds is 3. The van der Waals surface area contributed by atoms with Crippen molar-refractivity contribution in [3.05, 3.63) is 24.3 Å². The molecule has 20 heavy (non-hydrogen) atoms. The maximum Gasteiger partial charge on any atom is 0.327 e. The van der Waals surface area contributed by atoms with Crippen molar-refractivity contribution in [1.82, 2.24) is 4.90 Å². The Kier molecular flexibility index (Phi) is 4.39. The summed E-state index contributed by atoms with van der Waals surface area (Å²) in [5.41, 5.74) is 1.68. The van der Waals surface area contributed by atoms with Crippen molar-refractivity contribution in [3.8, 4) is 0 Å². The molecule has 1 aliphatic heterocycles. The Hall–Kier alpha value is -1.89. The van der Waals surface area contributed by atoms with E-state index in [2.05, 4.69) is 5.32 Å². The minimum absolute atomic E-state index is 0.375. The van der Waals surface area contributed by atoms with E-state index in [0.29, 0.717) is 17.3 Å². The summed E-state index contributed by atoms with van der Waals surface area (Å²) in [6.45, 7) is 0. The topological polar surface area (TPSA) is 72.9 Å². The largest absolute Gasteiger partial charge is 0.480 e. The van der Waals surface area contributed by atoms with Gasteiger partial charge < -0.3 is 20.2 Å². The van der Waals surface area contributed by atoms with E-state index in [9.17, 15) is 9.59 Å². The highest BCUT2D eigenvalue weighted by Gasteiger charge is 2.34. The van der Waals surface area contributed by atoms with Crippen molar-refractivity contribution < 1.29 is 14.7 Å². The van der Waals surface area contributed by atoms with Crippen LogP contribution in [0.15, 0.2) is 24.3 Å². The fourth-order valence-electron chi connectivity index (χ4n) is 1.89. The Morgan fingerprint density at radius 1 is 1.35 bits per heavy atom. The Bertz CT molecular complexity index is 504. The molecule has 0 radical (unpaired) electrons. The molecule has 1 atom stereocenters. The lowest BCUT2D eigenvalue weighted by Crippen LogP contribution is -2.43. The lowest BCUT2D eigenvalue weighted by molar-refractivity contribution is -0.140. The van der Waals surface area contributed by atoms with E-state index in [1.54, 1.807) is 12.1 Å². The summed E-state index contributed by atoms with van der Waals surface area (Å²) in [7, 11) is 3.87. The average molecular weight is 295 g/mol. The second-order valence-corrected chi connectivity index (χ2v) is 5.69. The number of carboxylic acid groups (broad SMARTS) is 1. The number of hydrogen-bond acceptors (Lipinski definition) is 4. The molecule has 2 N–H and O–H groups in total. The smallest absolute Gasteiger partial charge is 0.327 e. The van der Waals surface area contributed by atoms with Gasteiger partial charge in [-0.2, -0.15) is 0 Å². The average Bonchev–Trinajstić information content (AvgIpc) is 2.88. The number of aliphatic carboxylic acids is 1. The molecule has 2 amide bonds. The minimum Gasteiger partial charge on any atom is -0.480 e. The van der Waals surface area contributed by atoms with Crippen molar-refractivity contribution in [3.63, 3.8) is 0 Å². The van der Waals surface area contributed by atoms with Crippen LogP contribution < -0.4 is 10.2 Å². The van der Waals surface area contributed by atoms with Crippen LogP contribution in [0.3, 0.4) is 0 Å². The van der Waals surface area contributed by atoms with Crippen molar-refractivity contribution in [1.29, 1.82) is 0 Å². The summed E-state index contributed by atoms with van der Waals surface area (Å²) in [6.07, 6.45) is 0. The number of hydrogen-bond donors (Lipinski definition) is 2. The Labute approximate surface area is 121 Å². The molecule has 2 rings (SSSR count). The van der Waals surface area contributed by atoms with Crippen LogP contribution >= 0.6 is 11.8 Å². The summed E-state index contributed by atoms with van der Waals surface area (Å²) in [5.74, 6) is -0.130. The van der Waals surface area contributed by atoms with Crippen LogP contribution in [0, 0.1) is 0 Å². The summed E-state index contributed by atoms with van der Waals surface area (Å²) in [6, 6.07) is 6.26. The third-order valence-electron chi connectivity index (χ3n) is 3.06. The first-order valence-corrected chi connectivity index (χ1v) is 7.30. The van der Waals surface area contributed by atoms with Crippen LogP contribution in [0.4, 0.5) is 16.2 Å². The number of amides is 2. The second kappa shape index (κ2) is 6.04. The molecule has 0 spiro atoms. The molecule has 1 aliphatic rings. The third-order valence-corrected chi connectivity index (χ3v) is 4.08. The van der Waals surface area contributed by atoms with Crippen molar-refractivity contribution in [2.24, 2.45) is 0 Å². The van der Waals surface area contributed by atoms with E-state index >= 15 is 0 Å². The third kappa shape index (κ3) is 3.16. The first kappa shape index (κ1) is 14.5. The zero-order valence-corrected chi connectivity index (χ0v) is 12.2. The molecule has 1 saturated heterocycles. The number of nitrogens with one attached hydrogen (secondary N) is 1. The van der Waals surface area contributed by atoms with Crippen LogP contribution in [0.1, 0.15) is 0 Å². The first-order valence-electron chi connectivity index (χ1n) is 6.14. The predicted molar refractivity (Wildman–Crippen MR) is 80.4 cm³/mol. The monoisotopic (exact) mass is 295 g/mol. The fourth-order valence-corrected chi connectivity index (χ4v) is 3.03. The standard InChI is InChI=1S/C13H17N3O3S/c1-15(2)10-5-3-9(4-6-10)14-13(19)16-8-20-7-11(16)12(17)18/h3-6,11H,7-8H2,1-2H3,(H,14,19)(H,17,18)/t11-/m0/s1. The zero-order valence-electron chi connectivity index (χ0n) is 11.4. The van der Waals surface area contributed by atoms with Crippen LogP contribution in [0.25, 0.3) is 0 Å². The van der Waals surface area contributed by atoms with E-state index in [-0.39, 0.29) is 6.03 Å². The zero-order chi connectivity index (χ0) is 14.7. The lowest BCUT2D eigenvalue weighted by atomic mass is 10.2. The SMILES string of the molecule is CN(C)c1ccc(NC(=O)N2CSC[C@H]2C(=O)O)cc1. The van der Waals surface area contributed by atoms with E-state index in [1.165, 1.54) is 16.7 Å². The molecule has 1 aromatic carbocycles. The van der Waals surface area contributed by atoms with Gasteiger partial charge in [-0.15, -0.1) is 11.8 Å². The van der Waals surface area contributed by atoms with Gasteiger partial charge >= 0.3 is 12.0 Å². The molecule has 7 heteroatoms. The van der Waals surface area contributed by atoms with E-state index in [0.717, 1.165) is 5.69 Å². The number of nitrogens with zero attached hydrogens (tertiary/aromatic N) is 2. The van der Waals surface area contributed by atoms with Gasteiger partial charge in [-0.05, 0) is 24.3 Å². The van der Waals surface area contributed by atoms with Gasteiger partial charge in [0.2, 0.25) is 0 Å². The maximum atomic E-state index is 12.1. The number of carbonyl (C=O) groups is 2. The predicted octanol–water partition coefficient (Wildman–Crippen LogP) is 1.74. The number of thioether (sulfide) groups is 1. The summed E-state index contributed by atoms with van der Waals surface area (Å²) in [4.78, 5) is 26.4. The fraction of sp³-hybridized carbons (Fsp3) is 0.385. The molecule has 0 bridgehead atoms. The molecule has 0 aliphatic carbocycles. The maximum absolute atomic E-state index is 12.1. The van der Waals surface area contributed by atoms with Crippen LogP contribution in [-0.4, -0.2) is 53.8 Å². The Balaban J connectivity index is 2.02. The molecule has 1 fully saturated rings. The highest BCUT2D eigenvalue weighted by atomic mass is 32.2. The summed E-state index contributed by atoms with van der Waals surface area (Å²) < 4.78 is 0. The first-order chi connectivity index (χ1) is 9.49. The van der Waals surface area contributed by atoms with Crippen molar-refractivity contribution in [2.75, 3.05) is 35.9 Å². The van der Waals surface area contributed by atoms with E-state index < -0.39 is 12.0 Å². The van der Waals surface area contributed by atoms with Gasteiger partial charge in [0.05, 0.1) is 5.88 Å². The Morgan fingerprint density at radius 3 is 2.55 bits per heavy atom. The second-order valence-electron chi connectivity index (χ2n) is 4.70. The molecule has 0 aromatic heterocycles. The van der Waals surface area contributed by atoms with Gasteiger partial charge in [0.15, 0.2) is 0 Å². The molecular weight excluding hydrogens is 278 g/mol. The number of anilines is 2. The van der Waals surface area contributed by atoms with E-state index in [1.807, 2.05) is 31.1 Å². The van der Waals surface area contributed by atoms with Gasteiger partial charge in [0, 0.05) is 31.2 Å². The number of carboxylic acids is 1. The highest BCUT2D eigenvalue weighted by Crippen LogP contribution is 2.23. The normalized spacial score (nSPS) is 17.9. The molecule has 108 valence electrons. The van der Waals surface area contributed by atoms with Gasteiger partial charge in [-0.1, -0.05) is 0 Å². The van der Waals surface area contributed by atoms with Crippen molar-refractivity contribution in [2.45, 2.75) is 6.04 Å². The molecule has 1 aromatic rings. The molecule has 0 unspecified atom stereocenters. The molecule has 1 heterocycles. The minimum atomic E-state index is -0.965. The van der Waals surface area contributed by atoms with Gasteiger partial charge in [-0.3, -0.25) is 0 Å². The lowest BCUT2D eigenvalue weighted by Gasteiger charge is -2.21. The van der Waals surface area contributed by atoms with Gasteiger partial charge in [0.1, 0.15) is 6.04 Å². The van der Waals surface area contributed by atoms with Gasteiger partial charge in [-0.25, -0.2) is 9.59 Å². The Morgan fingerprint density at radius 2 is 2.00 bits per heavy atom. The van der Waals surface area contributed by atoms with Gasteiger partial charge in [0.25, 0.3) is 0 Å². The number of benzene rings is 1. The highest BCUT2D eigenvalue weighted by molar-refractivity contribution is 7.99. The molecule has 0 saturated carbocycles. The van der Waals surface area contributed by atoms with E-state index in [4.69, 9.17) is 5.11 Å². The van der Waals surface area contributed by atoms with Crippen molar-refractivity contribution >= 4 is 35.1 Å². The molecular formula is C13H17N3O3S. The molecule has 6 nitrogen and oxygen atoms in total. The number of carbonyl (C=O) groups excluding carboxylic acids is 1. The van der Waals surface area contributed by atoms with Crippen LogP contribution in [0.5, 0.6) is 0 Å².